The van der Waals surface area contributed by atoms with Crippen LogP contribution in [0.15, 0.2) is 29.6 Å². The second-order valence-electron chi connectivity index (χ2n) is 8.33. The van der Waals surface area contributed by atoms with Crippen LogP contribution in [0.3, 0.4) is 0 Å². The number of rotatable bonds is 6. The summed E-state index contributed by atoms with van der Waals surface area (Å²) in [6, 6.07) is 5.41. The molecule has 9 nitrogen and oxygen atoms in total. The number of benzene rings is 1. The zero-order valence-corrected chi connectivity index (χ0v) is 19.0. The second kappa shape index (κ2) is 9.99. The molecular weight excluding hydrogens is 457 g/mol. The fraction of sp³-hybridized carbons (Fsp3) is 0.455. The molecule has 1 aromatic carbocycles. The molecule has 4 heterocycles. The zero-order valence-electron chi connectivity index (χ0n) is 18.2. The number of nitrogens with zero attached hydrogens (tertiary/aromatic N) is 2. The molecule has 0 amide bonds. The van der Waals surface area contributed by atoms with Gasteiger partial charge in [-0.25, -0.2) is 0 Å². The number of aromatic nitrogens is 3. The van der Waals surface area contributed by atoms with Crippen molar-refractivity contribution in [2.75, 3.05) is 26.6 Å². The predicted molar refractivity (Wildman–Crippen MR) is 123 cm³/mol. The first-order chi connectivity index (χ1) is 15.4. The van der Waals surface area contributed by atoms with E-state index in [0.717, 1.165) is 11.1 Å². The molecule has 0 aliphatic carbocycles. The van der Waals surface area contributed by atoms with Gasteiger partial charge in [0.25, 0.3) is 0 Å². The number of pyridine rings is 1. The molecule has 0 bridgehead atoms. The Bertz CT molecular complexity index is 1090. The number of hydrogen-bond donors (Lipinski definition) is 1. The van der Waals surface area contributed by atoms with Gasteiger partial charge in [0, 0.05) is 41.0 Å². The van der Waals surface area contributed by atoms with Gasteiger partial charge in [0.2, 0.25) is 6.79 Å². The number of ether oxygens (including phenoxy) is 5. The molecule has 1 unspecified atom stereocenters. The Morgan fingerprint density at radius 3 is 2.70 bits per heavy atom. The molecule has 172 valence electrons. The number of aromatic amines is 1. The molecule has 0 spiro atoms. The molecule has 1 N–H and O–H groups in total. The number of nitrogens with one attached hydrogen (secondary N) is 1. The van der Waals surface area contributed by atoms with Crippen LogP contribution >= 0.6 is 0 Å². The molecule has 0 radical (unpaired) electrons. The van der Waals surface area contributed by atoms with E-state index in [4.69, 9.17) is 23.7 Å². The van der Waals surface area contributed by atoms with E-state index in [2.05, 4.69) is 15.0 Å². The molecule has 2 aliphatic heterocycles. The molecule has 0 saturated carbocycles. The van der Waals surface area contributed by atoms with Crippen LogP contribution in [-0.4, -0.2) is 81.5 Å². The molecule has 2 aromatic heterocycles. The summed E-state index contributed by atoms with van der Waals surface area (Å²) in [7, 11) is 0. The van der Waals surface area contributed by atoms with Gasteiger partial charge in [0.1, 0.15) is 5.75 Å². The third-order valence-electron chi connectivity index (χ3n) is 5.50. The summed E-state index contributed by atoms with van der Waals surface area (Å²) in [5, 5.41) is 0.385. The minimum absolute atomic E-state index is 0. The van der Waals surface area contributed by atoms with Gasteiger partial charge in [-0.1, -0.05) is 0 Å². The summed E-state index contributed by atoms with van der Waals surface area (Å²) < 4.78 is 41.2. The fourth-order valence-electron chi connectivity index (χ4n) is 3.57. The van der Waals surface area contributed by atoms with E-state index in [-0.39, 0.29) is 48.0 Å². The summed E-state index contributed by atoms with van der Waals surface area (Å²) >= 11 is -1.41. The third kappa shape index (κ3) is 5.43. The SMILES string of the molecule is Cc1c(OCC2COC(C)(C)OC2)ccnc1C[S+]([O-])c1nc2cc3c(cc2[nH]1)OCO3.[NaH]. The number of imidazole rings is 1. The van der Waals surface area contributed by atoms with Crippen LogP contribution in [0, 0.1) is 12.8 Å². The molecule has 2 aliphatic rings. The Hall–Kier alpha value is -1.53. The van der Waals surface area contributed by atoms with Crippen molar-refractivity contribution in [3.05, 3.63) is 35.7 Å². The van der Waals surface area contributed by atoms with Gasteiger partial charge in [-0.05, 0) is 26.8 Å². The van der Waals surface area contributed by atoms with Crippen molar-refractivity contribution in [1.29, 1.82) is 0 Å². The van der Waals surface area contributed by atoms with Gasteiger partial charge in [0.15, 0.2) is 23.0 Å². The Labute approximate surface area is 217 Å². The van der Waals surface area contributed by atoms with Gasteiger partial charge in [-0.15, -0.1) is 0 Å². The molecule has 33 heavy (non-hydrogen) atoms. The maximum atomic E-state index is 13.0. The van der Waals surface area contributed by atoms with Gasteiger partial charge in [-0.3, -0.25) is 9.97 Å². The van der Waals surface area contributed by atoms with E-state index in [1.807, 2.05) is 32.9 Å². The monoisotopic (exact) mass is 483 g/mol. The van der Waals surface area contributed by atoms with Gasteiger partial charge >= 0.3 is 34.7 Å². The summed E-state index contributed by atoms with van der Waals surface area (Å²) in [5.41, 5.74) is 2.99. The van der Waals surface area contributed by atoms with Crippen molar-refractivity contribution in [3.63, 3.8) is 0 Å². The third-order valence-corrected chi connectivity index (χ3v) is 6.66. The molecule has 1 saturated heterocycles. The average Bonchev–Trinajstić information content (AvgIpc) is 3.39. The van der Waals surface area contributed by atoms with E-state index in [1.54, 1.807) is 12.3 Å². The van der Waals surface area contributed by atoms with Crippen molar-refractivity contribution < 1.29 is 28.2 Å². The summed E-state index contributed by atoms with van der Waals surface area (Å²) in [6.07, 6.45) is 1.67. The summed E-state index contributed by atoms with van der Waals surface area (Å²) in [4.78, 5) is 12.0. The average molecular weight is 484 g/mol. The van der Waals surface area contributed by atoms with E-state index in [9.17, 15) is 4.55 Å². The van der Waals surface area contributed by atoms with Gasteiger partial charge in [-0.2, -0.15) is 4.98 Å². The van der Waals surface area contributed by atoms with Crippen LogP contribution in [0.1, 0.15) is 25.1 Å². The van der Waals surface area contributed by atoms with E-state index < -0.39 is 17.0 Å². The number of fused-ring (bicyclic) bond motifs is 2. The first-order valence-corrected chi connectivity index (χ1v) is 11.7. The van der Waals surface area contributed by atoms with Crippen molar-refractivity contribution in [1.82, 2.24) is 15.0 Å². The van der Waals surface area contributed by atoms with Crippen molar-refractivity contribution in [2.24, 2.45) is 5.92 Å². The maximum absolute atomic E-state index is 13.0. The van der Waals surface area contributed by atoms with E-state index in [0.29, 0.717) is 53.4 Å². The molecular formula is C22H26N3NaO6S. The first-order valence-electron chi connectivity index (χ1n) is 10.4. The molecule has 11 heteroatoms. The van der Waals surface area contributed by atoms with Crippen LogP contribution in [0.2, 0.25) is 0 Å². The summed E-state index contributed by atoms with van der Waals surface area (Å²) in [5.74, 6) is 1.83. The Kier molecular flexibility index (Phi) is 7.44. The van der Waals surface area contributed by atoms with Crippen LogP contribution in [0.5, 0.6) is 17.2 Å². The minimum atomic E-state index is -1.41. The number of H-pyrrole nitrogens is 1. The quantitative estimate of drug-likeness (QED) is 0.421. The Morgan fingerprint density at radius 1 is 1.21 bits per heavy atom. The Balaban J connectivity index is 0.00000259. The number of hydrogen-bond acceptors (Lipinski definition) is 8. The summed E-state index contributed by atoms with van der Waals surface area (Å²) in [6.45, 7) is 7.56. The van der Waals surface area contributed by atoms with E-state index in [1.165, 1.54) is 0 Å². The van der Waals surface area contributed by atoms with Crippen LogP contribution in [0.4, 0.5) is 0 Å². The second-order valence-corrected chi connectivity index (χ2v) is 9.70. The standard InChI is InChI=1S/C22H25N3O6S.Na.H/c1-13-17(23-5-4-18(13)27-8-14-9-30-22(2,3)31-10-14)11-32(26)21-24-15-6-19-20(29-12-28-19)7-16(15)25-21;;/h4-7,14H,8-12H2,1-3H3,(H,24,25);;. The van der Waals surface area contributed by atoms with Gasteiger partial charge < -0.3 is 28.2 Å². The molecule has 3 aromatic rings. The fourth-order valence-corrected chi connectivity index (χ4v) is 4.67. The molecule has 1 atom stereocenters. The van der Waals surface area contributed by atoms with E-state index >= 15 is 0 Å². The predicted octanol–water partition coefficient (Wildman–Crippen LogP) is 2.43. The molecule has 5 rings (SSSR count). The first kappa shape index (κ1) is 24.6. The molecule has 1 fully saturated rings. The normalized spacial score (nSPS) is 18.2. The van der Waals surface area contributed by atoms with Crippen LogP contribution in [0.25, 0.3) is 11.0 Å². The van der Waals surface area contributed by atoms with Crippen molar-refractivity contribution in [2.45, 2.75) is 37.5 Å². The van der Waals surface area contributed by atoms with Crippen LogP contribution < -0.4 is 14.2 Å². The van der Waals surface area contributed by atoms with Crippen molar-refractivity contribution in [3.8, 4) is 17.2 Å². The Morgan fingerprint density at radius 2 is 1.94 bits per heavy atom. The van der Waals surface area contributed by atoms with Crippen LogP contribution in [-0.2, 0) is 26.4 Å². The zero-order chi connectivity index (χ0) is 22.3. The van der Waals surface area contributed by atoms with Crippen molar-refractivity contribution >= 4 is 51.8 Å². The topological polar surface area (TPSA) is 111 Å². The van der Waals surface area contributed by atoms with Gasteiger partial charge in [0.05, 0.1) is 36.5 Å².